The zero-order chi connectivity index (χ0) is 19.2. The van der Waals surface area contributed by atoms with Crippen LogP contribution in [0.1, 0.15) is 32.1 Å². The average Bonchev–Trinajstić information content (AvgIpc) is 2.68. The number of carboxylic acid groups (broad SMARTS) is 1. The Labute approximate surface area is 155 Å². The number of carbonyl (C=O) groups excluding carboxylic acids is 1. The number of rotatable bonds is 6. The summed E-state index contributed by atoms with van der Waals surface area (Å²) in [4.78, 5) is 31.6. The molecule has 2 N–H and O–H groups in total. The van der Waals surface area contributed by atoms with Crippen molar-refractivity contribution in [1.82, 2.24) is 9.97 Å². The van der Waals surface area contributed by atoms with E-state index in [4.69, 9.17) is 9.84 Å². The van der Waals surface area contributed by atoms with Gasteiger partial charge in [-0.2, -0.15) is 0 Å². The van der Waals surface area contributed by atoms with Gasteiger partial charge in [-0.3, -0.25) is 9.78 Å². The van der Waals surface area contributed by atoms with Crippen LogP contribution >= 0.6 is 0 Å². The van der Waals surface area contributed by atoms with E-state index in [-0.39, 0.29) is 18.0 Å². The summed E-state index contributed by atoms with van der Waals surface area (Å²) >= 11 is 0. The topological polar surface area (TPSA) is 101 Å². The first kappa shape index (κ1) is 18.1. The van der Waals surface area contributed by atoms with E-state index in [2.05, 4.69) is 15.3 Å². The molecule has 1 aromatic carbocycles. The Morgan fingerprint density at radius 1 is 1.11 bits per heavy atom. The number of aromatic nitrogens is 2. The van der Waals surface area contributed by atoms with E-state index < -0.39 is 11.9 Å². The highest BCUT2D eigenvalue weighted by Gasteiger charge is 2.14. The molecule has 0 fully saturated rings. The maximum Gasteiger partial charge on any atom is 0.356 e. The molecule has 3 aromatic rings. The van der Waals surface area contributed by atoms with Crippen molar-refractivity contribution in [3.63, 3.8) is 0 Å². The molecule has 0 spiro atoms. The molecular formula is C20H17N3O4. The van der Waals surface area contributed by atoms with Crippen LogP contribution in [0.5, 0.6) is 5.75 Å². The van der Waals surface area contributed by atoms with E-state index in [1.165, 1.54) is 12.3 Å². The molecule has 136 valence electrons. The monoisotopic (exact) mass is 363 g/mol. The standard InChI is InChI=1S/C20H17N3O4/c1-13-7-8-16(11-22-13)27-12-14-4-2-5-15(10-14)19(24)23-17-6-3-9-21-18(17)20(25)26/h2-11H,12H2,1H3,(H,23,24)(H,25,26). The quantitative estimate of drug-likeness (QED) is 0.697. The van der Waals surface area contributed by atoms with Crippen molar-refractivity contribution >= 4 is 17.6 Å². The molecular weight excluding hydrogens is 346 g/mol. The SMILES string of the molecule is Cc1ccc(OCc2cccc(C(=O)Nc3cccnc3C(=O)O)c2)cn1. The smallest absolute Gasteiger partial charge is 0.356 e. The van der Waals surface area contributed by atoms with Crippen molar-refractivity contribution in [3.8, 4) is 5.75 Å². The molecule has 0 unspecified atom stereocenters. The molecule has 3 rings (SSSR count). The van der Waals surface area contributed by atoms with Gasteiger partial charge in [0, 0.05) is 17.5 Å². The van der Waals surface area contributed by atoms with Crippen LogP contribution in [-0.2, 0) is 6.61 Å². The van der Waals surface area contributed by atoms with Gasteiger partial charge in [-0.25, -0.2) is 9.78 Å². The van der Waals surface area contributed by atoms with Crippen LogP contribution in [0.25, 0.3) is 0 Å². The summed E-state index contributed by atoms with van der Waals surface area (Å²) in [6, 6.07) is 13.6. The molecule has 0 saturated heterocycles. The Bertz CT molecular complexity index is 971. The summed E-state index contributed by atoms with van der Waals surface area (Å²) in [6.07, 6.45) is 3.00. The van der Waals surface area contributed by atoms with Crippen LogP contribution in [-0.4, -0.2) is 27.0 Å². The van der Waals surface area contributed by atoms with Crippen molar-refractivity contribution in [2.75, 3.05) is 5.32 Å². The highest BCUT2D eigenvalue weighted by Crippen LogP contribution is 2.16. The molecule has 0 aliphatic rings. The first-order valence-electron chi connectivity index (χ1n) is 8.17. The largest absolute Gasteiger partial charge is 0.487 e. The summed E-state index contributed by atoms with van der Waals surface area (Å²) in [5.74, 6) is -0.999. The molecule has 7 heteroatoms. The number of nitrogens with zero attached hydrogens (tertiary/aromatic N) is 2. The number of pyridine rings is 2. The third kappa shape index (κ3) is 4.66. The number of hydrogen-bond donors (Lipinski definition) is 2. The van der Waals surface area contributed by atoms with Gasteiger partial charge in [-0.1, -0.05) is 12.1 Å². The van der Waals surface area contributed by atoms with Gasteiger partial charge in [0.15, 0.2) is 5.69 Å². The number of nitrogens with one attached hydrogen (secondary N) is 1. The molecule has 0 saturated carbocycles. The van der Waals surface area contributed by atoms with E-state index >= 15 is 0 Å². The number of amides is 1. The van der Waals surface area contributed by atoms with Gasteiger partial charge < -0.3 is 15.2 Å². The predicted octanol–water partition coefficient (Wildman–Crippen LogP) is 3.31. The molecule has 0 aliphatic heterocycles. The molecule has 2 aromatic heterocycles. The molecule has 0 aliphatic carbocycles. The second-order valence-electron chi connectivity index (χ2n) is 5.78. The van der Waals surface area contributed by atoms with Crippen molar-refractivity contribution in [3.05, 3.63) is 83.4 Å². The van der Waals surface area contributed by atoms with E-state index in [1.54, 1.807) is 30.5 Å². The molecule has 0 radical (unpaired) electrons. The average molecular weight is 363 g/mol. The Balaban J connectivity index is 1.70. The van der Waals surface area contributed by atoms with Gasteiger partial charge in [0.2, 0.25) is 0 Å². The van der Waals surface area contributed by atoms with Gasteiger partial charge in [-0.15, -0.1) is 0 Å². The Morgan fingerprint density at radius 3 is 2.70 bits per heavy atom. The van der Waals surface area contributed by atoms with Crippen molar-refractivity contribution < 1.29 is 19.4 Å². The Morgan fingerprint density at radius 2 is 1.96 bits per heavy atom. The predicted molar refractivity (Wildman–Crippen MR) is 98.9 cm³/mol. The number of carboxylic acids is 1. The Hall–Kier alpha value is -3.74. The highest BCUT2D eigenvalue weighted by atomic mass is 16.5. The van der Waals surface area contributed by atoms with E-state index in [9.17, 15) is 9.59 Å². The molecule has 27 heavy (non-hydrogen) atoms. The summed E-state index contributed by atoms with van der Waals surface area (Å²) < 4.78 is 5.67. The summed E-state index contributed by atoms with van der Waals surface area (Å²) in [6.45, 7) is 2.17. The highest BCUT2D eigenvalue weighted by molar-refractivity contribution is 6.07. The van der Waals surface area contributed by atoms with E-state index in [0.29, 0.717) is 11.3 Å². The van der Waals surface area contributed by atoms with Crippen LogP contribution < -0.4 is 10.1 Å². The van der Waals surface area contributed by atoms with Crippen molar-refractivity contribution in [2.24, 2.45) is 0 Å². The molecule has 0 atom stereocenters. The first-order valence-corrected chi connectivity index (χ1v) is 8.17. The van der Waals surface area contributed by atoms with E-state index in [1.807, 2.05) is 25.1 Å². The number of ether oxygens (including phenoxy) is 1. The molecule has 2 heterocycles. The minimum absolute atomic E-state index is 0.141. The van der Waals surface area contributed by atoms with Crippen LogP contribution in [0, 0.1) is 6.92 Å². The summed E-state index contributed by atoms with van der Waals surface area (Å²) in [5.41, 5.74) is 2.02. The van der Waals surface area contributed by atoms with Gasteiger partial charge >= 0.3 is 5.97 Å². The lowest BCUT2D eigenvalue weighted by Crippen LogP contribution is -2.16. The third-order valence-corrected chi connectivity index (χ3v) is 3.74. The first-order chi connectivity index (χ1) is 13.0. The number of anilines is 1. The second-order valence-corrected chi connectivity index (χ2v) is 5.78. The fourth-order valence-corrected chi connectivity index (χ4v) is 2.38. The molecule has 1 amide bonds. The number of aryl methyl sites for hydroxylation is 1. The number of carbonyl (C=O) groups is 2. The molecule has 7 nitrogen and oxygen atoms in total. The summed E-state index contributed by atoms with van der Waals surface area (Å²) in [7, 11) is 0. The third-order valence-electron chi connectivity index (χ3n) is 3.74. The lowest BCUT2D eigenvalue weighted by atomic mass is 10.1. The number of hydrogen-bond acceptors (Lipinski definition) is 5. The minimum atomic E-state index is -1.21. The van der Waals surface area contributed by atoms with Gasteiger partial charge in [0.25, 0.3) is 5.91 Å². The van der Waals surface area contributed by atoms with Crippen molar-refractivity contribution in [2.45, 2.75) is 13.5 Å². The van der Waals surface area contributed by atoms with Gasteiger partial charge in [-0.05, 0) is 48.9 Å². The van der Waals surface area contributed by atoms with Crippen LogP contribution in [0.15, 0.2) is 60.9 Å². The maximum atomic E-state index is 12.5. The zero-order valence-electron chi connectivity index (χ0n) is 14.5. The molecule has 0 bridgehead atoms. The normalized spacial score (nSPS) is 10.3. The van der Waals surface area contributed by atoms with Crippen LogP contribution in [0.2, 0.25) is 0 Å². The lowest BCUT2D eigenvalue weighted by molar-refractivity contribution is 0.0691. The van der Waals surface area contributed by atoms with Crippen molar-refractivity contribution in [1.29, 1.82) is 0 Å². The summed E-state index contributed by atoms with van der Waals surface area (Å²) in [5, 5.41) is 11.7. The fourth-order valence-electron chi connectivity index (χ4n) is 2.38. The Kier molecular flexibility index (Phi) is 5.41. The lowest BCUT2D eigenvalue weighted by Gasteiger charge is -2.10. The fraction of sp³-hybridized carbons (Fsp3) is 0.100. The zero-order valence-corrected chi connectivity index (χ0v) is 14.5. The van der Waals surface area contributed by atoms with Crippen LogP contribution in [0.4, 0.5) is 5.69 Å². The van der Waals surface area contributed by atoms with Gasteiger partial charge in [0.1, 0.15) is 12.4 Å². The van der Waals surface area contributed by atoms with Gasteiger partial charge in [0.05, 0.1) is 11.9 Å². The minimum Gasteiger partial charge on any atom is -0.487 e. The number of benzene rings is 1. The second kappa shape index (κ2) is 8.09. The van der Waals surface area contributed by atoms with Crippen LogP contribution in [0.3, 0.4) is 0 Å². The number of aromatic carboxylic acids is 1. The van der Waals surface area contributed by atoms with E-state index in [0.717, 1.165) is 11.3 Å². The maximum absolute atomic E-state index is 12.5.